The Morgan fingerprint density at radius 1 is 1.14 bits per heavy atom. The maximum atomic E-state index is 14.6. The molecule has 3 N–H and O–H groups in total. The number of benzene rings is 1. The van der Waals surface area contributed by atoms with Crippen LogP contribution in [-0.2, 0) is 19.1 Å². The van der Waals surface area contributed by atoms with Gasteiger partial charge < -0.3 is 30.1 Å². The van der Waals surface area contributed by atoms with Crippen LogP contribution in [0.2, 0.25) is 0 Å². The number of pyridine rings is 1. The van der Waals surface area contributed by atoms with Crippen LogP contribution in [0.25, 0.3) is 22.3 Å². The molecule has 14 heteroatoms. The van der Waals surface area contributed by atoms with Crippen LogP contribution in [0, 0.1) is 29.6 Å². The summed E-state index contributed by atoms with van der Waals surface area (Å²) < 4.78 is 13.2. The fourth-order valence-electron chi connectivity index (χ4n) is 7.62. The topological polar surface area (TPSA) is 160 Å². The minimum absolute atomic E-state index is 0.0282. The smallest absolute Gasteiger partial charge is 0.408 e. The average molecular weight is 851 g/mol. The maximum absolute atomic E-state index is 14.6. The molecule has 2 saturated carbocycles. The van der Waals surface area contributed by atoms with Crippen LogP contribution >= 0.6 is 27.3 Å². The van der Waals surface area contributed by atoms with Crippen LogP contribution in [0.4, 0.5) is 9.93 Å². The summed E-state index contributed by atoms with van der Waals surface area (Å²) in [6.45, 7) is 19.5. The average Bonchev–Trinajstić information content (AvgIpc) is 3.55. The zero-order valence-corrected chi connectivity index (χ0v) is 35.3. The van der Waals surface area contributed by atoms with E-state index in [1.165, 1.54) is 16.2 Å². The SMILES string of the molecule is C=C[C@@H]1C[C@]1(CC(=O)C1C[C@@H](Oc2cc(-c3csc(NC(=C)C(C)C)n3)nc3c(Br)c(C)ccc23)CN1C(=O)[C@@H](NC(=O)OC1CCCC1)C(C)(C)C)C(=O)O. The molecule has 5 atom stereocenters. The lowest BCUT2D eigenvalue weighted by atomic mass is 9.85. The normalized spacial score (nSPS) is 22.9. The lowest BCUT2D eigenvalue weighted by Gasteiger charge is -2.35. The first-order chi connectivity index (χ1) is 26.4. The Kier molecular flexibility index (Phi) is 12.0. The summed E-state index contributed by atoms with van der Waals surface area (Å²) in [5, 5.41) is 19.6. The van der Waals surface area contributed by atoms with Crippen LogP contribution in [0.1, 0.15) is 85.1 Å². The zero-order valence-electron chi connectivity index (χ0n) is 32.9. The summed E-state index contributed by atoms with van der Waals surface area (Å²) in [6, 6.07) is 3.68. The van der Waals surface area contributed by atoms with Crippen molar-refractivity contribution in [3.8, 4) is 17.1 Å². The van der Waals surface area contributed by atoms with Crippen LogP contribution in [0.5, 0.6) is 5.75 Å². The van der Waals surface area contributed by atoms with Crippen molar-refractivity contribution >= 4 is 67.1 Å². The number of nitrogens with zero attached hydrogens (tertiary/aromatic N) is 3. The second-order valence-corrected chi connectivity index (χ2v) is 18.5. The van der Waals surface area contributed by atoms with Gasteiger partial charge >= 0.3 is 12.1 Å². The summed E-state index contributed by atoms with van der Waals surface area (Å²) in [6.07, 6.45) is 3.71. The quantitative estimate of drug-likeness (QED) is 0.134. The number of aryl methyl sites for hydroxylation is 1. The minimum Gasteiger partial charge on any atom is -0.488 e. The largest absolute Gasteiger partial charge is 0.488 e. The van der Waals surface area contributed by atoms with E-state index in [1.807, 2.05) is 65.1 Å². The molecule has 3 aliphatic rings. The third kappa shape index (κ3) is 8.66. The molecule has 1 aromatic carbocycles. The highest BCUT2D eigenvalue weighted by molar-refractivity contribution is 9.10. The van der Waals surface area contributed by atoms with Crippen molar-refractivity contribution < 1.29 is 33.8 Å². The molecule has 2 amide bonds. The van der Waals surface area contributed by atoms with Crippen molar-refractivity contribution in [1.29, 1.82) is 0 Å². The fourth-order valence-corrected chi connectivity index (χ4v) is 8.79. The number of carboxylic acids is 1. The molecule has 56 heavy (non-hydrogen) atoms. The molecule has 3 fully saturated rings. The van der Waals surface area contributed by atoms with E-state index in [0.717, 1.165) is 46.8 Å². The van der Waals surface area contributed by atoms with Crippen LogP contribution in [0.3, 0.4) is 0 Å². The number of hydrogen-bond acceptors (Lipinski definition) is 10. The Morgan fingerprint density at radius 2 is 1.86 bits per heavy atom. The van der Waals surface area contributed by atoms with Gasteiger partial charge in [0.25, 0.3) is 0 Å². The predicted molar refractivity (Wildman–Crippen MR) is 221 cm³/mol. The van der Waals surface area contributed by atoms with Gasteiger partial charge in [-0.3, -0.25) is 14.4 Å². The number of likely N-dealkylation sites (tertiary alicyclic amines) is 1. The number of alkyl carbamates (subject to hydrolysis) is 1. The van der Waals surface area contributed by atoms with Gasteiger partial charge in [-0.2, -0.15) is 0 Å². The number of rotatable bonds is 14. The van der Waals surface area contributed by atoms with Crippen LogP contribution < -0.4 is 15.4 Å². The highest BCUT2D eigenvalue weighted by atomic mass is 79.9. The number of ketones is 1. The lowest BCUT2D eigenvalue weighted by molar-refractivity contribution is -0.147. The number of allylic oxidation sites excluding steroid dienone is 2. The molecule has 1 aliphatic heterocycles. The van der Waals surface area contributed by atoms with Crippen molar-refractivity contribution in [3.63, 3.8) is 0 Å². The molecule has 1 unspecified atom stereocenters. The van der Waals surface area contributed by atoms with E-state index in [4.69, 9.17) is 19.4 Å². The van der Waals surface area contributed by atoms with Crippen molar-refractivity contribution in [2.45, 2.75) is 111 Å². The Morgan fingerprint density at radius 3 is 2.48 bits per heavy atom. The van der Waals surface area contributed by atoms with Gasteiger partial charge in [-0.05, 0) is 83.8 Å². The molecule has 6 rings (SSSR count). The minimum atomic E-state index is -1.26. The molecular formula is C42H52BrN5O7S. The Labute approximate surface area is 340 Å². The maximum Gasteiger partial charge on any atom is 0.408 e. The second-order valence-electron chi connectivity index (χ2n) is 16.8. The van der Waals surface area contributed by atoms with Gasteiger partial charge in [-0.1, -0.05) is 53.3 Å². The summed E-state index contributed by atoms with van der Waals surface area (Å²) in [7, 11) is 0. The summed E-state index contributed by atoms with van der Waals surface area (Å²) in [4.78, 5) is 65.7. The molecule has 3 aromatic rings. The third-order valence-corrected chi connectivity index (χ3v) is 13.1. The molecule has 2 aliphatic carbocycles. The highest BCUT2D eigenvalue weighted by Gasteiger charge is 2.61. The van der Waals surface area contributed by atoms with Crippen molar-refractivity contribution in [2.24, 2.45) is 22.7 Å². The van der Waals surface area contributed by atoms with Gasteiger partial charge in [0.2, 0.25) is 5.91 Å². The fraction of sp³-hybridized carbons (Fsp3) is 0.524. The standard InChI is InChI=1S/C42H52BrN5O7S/c1-9-25-18-42(25,38(51)52)19-32(49)31-16-27(20-48(31)37(50)36(41(6,7)8)47-40(53)55-26-12-10-11-13-26)54-33-17-29(45-35-28(33)15-14-23(4)34(35)43)30-21-56-39(46-30)44-24(5)22(2)3/h9,14-15,17,21-22,25-27,31,36H,1,5,10-13,16,18-20H2,2-4,6-8H3,(H,44,46)(H,47,53)(H,51,52)/t25-,27-,31?,36-,42-/m1/s1. The number of carboxylic acid groups (broad SMARTS) is 1. The lowest BCUT2D eigenvalue weighted by Crippen LogP contribution is -2.57. The number of aromatic nitrogens is 2. The van der Waals surface area contributed by atoms with Crippen molar-refractivity contribution in [3.05, 3.63) is 58.5 Å². The Bertz CT molecular complexity index is 2050. The van der Waals surface area contributed by atoms with E-state index in [-0.39, 0.29) is 43.1 Å². The molecular weight excluding hydrogens is 798 g/mol. The molecule has 300 valence electrons. The summed E-state index contributed by atoms with van der Waals surface area (Å²) in [5.74, 6) is -1.53. The number of anilines is 1. The molecule has 12 nitrogen and oxygen atoms in total. The van der Waals surface area contributed by atoms with Crippen LogP contribution in [-0.4, -0.2) is 74.6 Å². The molecule has 1 saturated heterocycles. The van der Waals surface area contributed by atoms with Crippen molar-refractivity contribution in [1.82, 2.24) is 20.2 Å². The Balaban J connectivity index is 1.33. The summed E-state index contributed by atoms with van der Waals surface area (Å²) >= 11 is 5.16. The van der Waals surface area contributed by atoms with Gasteiger partial charge in [0.05, 0.1) is 29.2 Å². The highest BCUT2D eigenvalue weighted by Crippen LogP contribution is 2.56. The summed E-state index contributed by atoms with van der Waals surface area (Å²) in [5.41, 5.74) is 1.67. The van der Waals surface area contributed by atoms with E-state index >= 15 is 0 Å². The molecule has 3 heterocycles. The molecule has 2 aromatic heterocycles. The number of hydrogen-bond donors (Lipinski definition) is 3. The number of carbonyl (C=O) groups is 4. The second kappa shape index (κ2) is 16.3. The number of halogens is 1. The number of carbonyl (C=O) groups excluding carboxylic acids is 3. The number of thiazole rings is 1. The van der Waals surface area contributed by atoms with Gasteiger partial charge in [-0.25, -0.2) is 14.8 Å². The Hall–Kier alpha value is -4.30. The van der Waals surface area contributed by atoms with E-state index in [2.05, 4.69) is 39.7 Å². The number of amides is 2. The van der Waals surface area contributed by atoms with E-state index in [9.17, 15) is 24.3 Å². The van der Waals surface area contributed by atoms with Gasteiger partial charge in [-0.15, -0.1) is 17.9 Å². The van der Waals surface area contributed by atoms with Crippen LogP contribution in [0.15, 0.2) is 53.0 Å². The number of Topliss-reactive ketones (excluding diaryl/α,β-unsaturated/α-hetero) is 1. The van der Waals surface area contributed by atoms with E-state index in [0.29, 0.717) is 34.2 Å². The number of nitrogens with one attached hydrogen (secondary N) is 2. The number of aliphatic carboxylic acids is 1. The van der Waals surface area contributed by atoms with E-state index in [1.54, 1.807) is 6.08 Å². The predicted octanol–water partition coefficient (Wildman–Crippen LogP) is 8.68. The molecule has 0 radical (unpaired) electrons. The molecule has 0 spiro atoms. The van der Waals surface area contributed by atoms with Crippen molar-refractivity contribution in [2.75, 3.05) is 11.9 Å². The van der Waals surface area contributed by atoms with Gasteiger partial charge in [0.1, 0.15) is 29.7 Å². The first-order valence-electron chi connectivity index (χ1n) is 19.3. The zero-order chi connectivity index (χ0) is 40.7. The van der Waals surface area contributed by atoms with Gasteiger partial charge in [0.15, 0.2) is 10.9 Å². The number of fused-ring (bicyclic) bond motifs is 1. The third-order valence-electron chi connectivity index (χ3n) is 11.3. The van der Waals surface area contributed by atoms with E-state index < -0.39 is 47.0 Å². The first-order valence-corrected chi connectivity index (χ1v) is 20.9. The van der Waals surface area contributed by atoms with Gasteiger partial charge in [0, 0.05) is 39.8 Å². The number of ether oxygens (including phenoxy) is 2. The monoisotopic (exact) mass is 849 g/mol. The first kappa shape index (κ1) is 41.3. The molecule has 0 bridgehead atoms.